The van der Waals surface area contributed by atoms with Gasteiger partial charge in [0.05, 0.1) is 6.61 Å². The molecule has 0 aliphatic heterocycles. The number of aliphatic imine (C=N–C) groups is 1. The molecular formula is C15H25ClN4O. The number of nitrogens with zero attached hydrogens (tertiary/aromatic N) is 2. The third kappa shape index (κ3) is 7.32. The molecule has 0 aromatic heterocycles. The van der Waals surface area contributed by atoms with Crippen LogP contribution in [0.3, 0.4) is 0 Å². The maximum absolute atomic E-state index is 6.13. The normalized spacial score (nSPS) is 11.8. The van der Waals surface area contributed by atoms with Gasteiger partial charge in [0.15, 0.2) is 5.96 Å². The van der Waals surface area contributed by atoms with Crippen LogP contribution in [0.4, 0.5) is 0 Å². The quantitative estimate of drug-likeness (QED) is 0.565. The van der Waals surface area contributed by atoms with Gasteiger partial charge in [-0.25, -0.2) is 0 Å². The number of nitrogens with one attached hydrogen (secondary N) is 2. The number of methoxy groups -OCH3 is 1. The van der Waals surface area contributed by atoms with Gasteiger partial charge in [-0.05, 0) is 18.7 Å². The van der Waals surface area contributed by atoms with E-state index in [4.69, 9.17) is 16.3 Å². The predicted octanol–water partition coefficient (Wildman–Crippen LogP) is 1.58. The zero-order valence-electron chi connectivity index (χ0n) is 13.0. The molecule has 0 bridgehead atoms. The second kappa shape index (κ2) is 10.4. The molecular weight excluding hydrogens is 288 g/mol. The number of ether oxygens (including phenoxy) is 1. The molecule has 5 nitrogen and oxygen atoms in total. The van der Waals surface area contributed by atoms with Gasteiger partial charge in [0.2, 0.25) is 0 Å². The van der Waals surface area contributed by atoms with E-state index >= 15 is 0 Å². The molecule has 0 aliphatic rings. The van der Waals surface area contributed by atoms with Gasteiger partial charge in [-0.2, -0.15) is 0 Å². The Labute approximate surface area is 132 Å². The van der Waals surface area contributed by atoms with E-state index in [1.807, 2.05) is 24.3 Å². The third-order valence-electron chi connectivity index (χ3n) is 3.09. The molecule has 6 heteroatoms. The average molecular weight is 313 g/mol. The zero-order chi connectivity index (χ0) is 15.5. The average Bonchev–Trinajstić information content (AvgIpc) is 2.50. The number of benzene rings is 1. The van der Waals surface area contributed by atoms with Crippen LogP contribution in [0.1, 0.15) is 5.56 Å². The topological polar surface area (TPSA) is 48.9 Å². The van der Waals surface area contributed by atoms with E-state index in [0.717, 1.165) is 42.8 Å². The lowest BCUT2D eigenvalue weighted by Gasteiger charge is -2.18. The lowest BCUT2D eigenvalue weighted by molar-refractivity contribution is 0.162. The van der Waals surface area contributed by atoms with Gasteiger partial charge in [0, 0.05) is 45.4 Å². The largest absolute Gasteiger partial charge is 0.383 e. The fourth-order valence-corrected chi connectivity index (χ4v) is 1.97. The van der Waals surface area contributed by atoms with E-state index in [2.05, 4.69) is 27.6 Å². The molecule has 0 amide bonds. The molecule has 0 unspecified atom stereocenters. The minimum Gasteiger partial charge on any atom is -0.383 e. The Hall–Kier alpha value is -1.30. The second-order valence-corrected chi connectivity index (χ2v) is 5.15. The van der Waals surface area contributed by atoms with Crippen LogP contribution in [0.15, 0.2) is 29.3 Å². The molecule has 0 radical (unpaired) electrons. The highest BCUT2D eigenvalue weighted by Gasteiger charge is 2.02. The molecule has 0 atom stereocenters. The molecule has 1 aromatic rings. The van der Waals surface area contributed by atoms with Crippen molar-refractivity contribution in [3.63, 3.8) is 0 Å². The molecule has 2 N–H and O–H groups in total. The molecule has 0 saturated carbocycles. The summed E-state index contributed by atoms with van der Waals surface area (Å²) in [7, 11) is 5.55. The van der Waals surface area contributed by atoms with Crippen LogP contribution in [0.25, 0.3) is 0 Å². The summed E-state index contributed by atoms with van der Waals surface area (Å²) in [6.45, 7) is 4.07. The van der Waals surface area contributed by atoms with E-state index in [1.165, 1.54) is 0 Å². The number of likely N-dealkylation sites (N-methyl/N-ethyl adjacent to an activating group) is 1. The molecule has 0 aliphatic carbocycles. The van der Waals surface area contributed by atoms with Gasteiger partial charge in [0.25, 0.3) is 0 Å². The summed E-state index contributed by atoms with van der Waals surface area (Å²) < 4.78 is 5.05. The highest BCUT2D eigenvalue weighted by atomic mass is 35.5. The van der Waals surface area contributed by atoms with Crippen molar-refractivity contribution >= 4 is 17.6 Å². The Balaban J connectivity index is 2.28. The number of hydrogen-bond acceptors (Lipinski definition) is 3. The van der Waals surface area contributed by atoms with Crippen molar-refractivity contribution in [2.24, 2.45) is 4.99 Å². The van der Waals surface area contributed by atoms with Crippen LogP contribution in [-0.4, -0.2) is 58.3 Å². The number of guanidine groups is 1. The molecule has 0 fully saturated rings. The zero-order valence-corrected chi connectivity index (χ0v) is 13.8. The van der Waals surface area contributed by atoms with Crippen LogP contribution in [0.2, 0.25) is 5.02 Å². The Morgan fingerprint density at radius 1 is 1.29 bits per heavy atom. The summed E-state index contributed by atoms with van der Waals surface area (Å²) in [4.78, 5) is 6.41. The highest BCUT2D eigenvalue weighted by molar-refractivity contribution is 6.31. The van der Waals surface area contributed by atoms with Crippen molar-refractivity contribution in [1.82, 2.24) is 15.5 Å². The molecule has 0 heterocycles. The van der Waals surface area contributed by atoms with Crippen LogP contribution in [0.5, 0.6) is 0 Å². The lowest BCUT2D eigenvalue weighted by atomic mass is 10.2. The van der Waals surface area contributed by atoms with Crippen molar-refractivity contribution in [3.8, 4) is 0 Å². The number of rotatable bonds is 8. The fraction of sp³-hybridized carbons (Fsp3) is 0.533. The molecule has 1 rings (SSSR count). The molecule has 21 heavy (non-hydrogen) atoms. The smallest absolute Gasteiger partial charge is 0.191 e. The summed E-state index contributed by atoms with van der Waals surface area (Å²) in [5, 5.41) is 7.30. The monoisotopic (exact) mass is 312 g/mol. The van der Waals surface area contributed by atoms with Gasteiger partial charge in [-0.3, -0.25) is 4.99 Å². The third-order valence-corrected chi connectivity index (χ3v) is 3.46. The van der Waals surface area contributed by atoms with Crippen molar-refractivity contribution in [2.75, 3.05) is 47.4 Å². The van der Waals surface area contributed by atoms with Gasteiger partial charge in [-0.1, -0.05) is 29.8 Å². The van der Waals surface area contributed by atoms with Crippen molar-refractivity contribution < 1.29 is 4.74 Å². The Kier molecular flexibility index (Phi) is 8.82. The maximum atomic E-state index is 6.13. The van der Waals surface area contributed by atoms with E-state index in [0.29, 0.717) is 6.54 Å². The Morgan fingerprint density at radius 2 is 2.05 bits per heavy atom. The number of halogens is 1. The van der Waals surface area contributed by atoms with Gasteiger partial charge >= 0.3 is 0 Å². The van der Waals surface area contributed by atoms with E-state index in [9.17, 15) is 0 Å². The molecule has 0 spiro atoms. The summed E-state index contributed by atoms with van der Waals surface area (Å²) in [5.74, 6) is 0.773. The van der Waals surface area contributed by atoms with Crippen LogP contribution < -0.4 is 10.6 Å². The molecule has 118 valence electrons. The standard InChI is InChI=1S/C15H25ClN4O/c1-17-15(18-8-9-20(2)10-11-21-3)19-12-13-6-4-5-7-14(13)16/h4-7H,8-12H2,1-3H3,(H2,17,18,19). The highest BCUT2D eigenvalue weighted by Crippen LogP contribution is 2.13. The van der Waals surface area contributed by atoms with Crippen LogP contribution in [-0.2, 0) is 11.3 Å². The SMILES string of the molecule is CN=C(NCCN(C)CCOC)NCc1ccccc1Cl. The minimum absolute atomic E-state index is 0.652. The van der Waals surface area contributed by atoms with Gasteiger partial charge in [0.1, 0.15) is 0 Å². The maximum Gasteiger partial charge on any atom is 0.191 e. The second-order valence-electron chi connectivity index (χ2n) is 4.74. The first-order valence-corrected chi connectivity index (χ1v) is 7.40. The van der Waals surface area contributed by atoms with E-state index in [1.54, 1.807) is 14.2 Å². The van der Waals surface area contributed by atoms with Gasteiger partial charge in [-0.15, -0.1) is 0 Å². The van der Waals surface area contributed by atoms with Crippen molar-refractivity contribution in [3.05, 3.63) is 34.9 Å². The van der Waals surface area contributed by atoms with E-state index < -0.39 is 0 Å². The molecule has 1 aromatic carbocycles. The van der Waals surface area contributed by atoms with Crippen molar-refractivity contribution in [2.45, 2.75) is 6.54 Å². The fourth-order valence-electron chi connectivity index (χ4n) is 1.77. The number of hydrogen-bond donors (Lipinski definition) is 2. The lowest BCUT2D eigenvalue weighted by Crippen LogP contribution is -2.41. The van der Waals surface area contributed by atoms with Crippen LogP contribution in [0, 0.1) is 0 Å². The summed E-state index contributed by atoms with van der Waals surface area (Å²) in [6, 6.07) is 7.79. The first kappa shape index (κ1) is 17.8. The van der Waals surface area contributed by atoms with Gasteiger partial charge < -0.3 is 20.3 Å². The Morgan fingerprint density at radius 3 is 2.71 bits per heavy atom. The summed E-state index contributed by atoms with van der Waals surface area (Å²) >= 11 is 6.13. The summed E-state index contributed by atoms with van der Waals surface area (Å²) in [5.41, 5.74) is 1.05. The van der Waals surface area contributed by atoms with Crippen molar-refractivity contribution in [1.29, 1.82) is 0 Å². The Bertz CT molecular complexity index is 439. The first-order chi connectivity index (χ1) is 10.2. The predicted molar refractivity (Wildman–Crippen MR) is 89.0 cm³/mol. The minimum atomic E-state index is 0.652. The molecule has 0 saturated heterocycles. The van der Waals surface area contributed by atoms with E-state index in [-0.39, 0.29) is 0 Å². The first-order valence-electron chi connectivity index (χ1n) is 7.02. The van der Waals surface area contributed by atoms with Crippen LogP contribution >= 0.6 is 11.6 Å². The summed E-state index contributed by atoms with van der Waals surface area (Å²) in [6.07, 6.45) is 0.